The van der Waals surface area contributed by atoms with Crippen molar-refractivity contribution in [2.24, 2.45) is 23.7 Å². The zero-order valence-corrected chi connectivity index (χ0v) is 9.43. The van der Waals surface area contributed by atoms with Crippen LogP contribution in [0.15, 0.2) is 11.1 Å². The summed E-state index contributed by atoms with van der Waals surface area (Å²) in [7, 11) is 0. The molecule has 0 aromatic heterocycles. The lowest BCUT2D eigenvalue weighted by molar-refractivity contribution is 0.280. The van der Waals surface area contributed by atoms with Crippen LogP contribution in [-0.4, -0.2) is 0 Å². The lowest BCUT2D eigenvalue weighted by Crippen LogP contribution is -2.17. The van der Waals surface area contributed by atoms with E-state index in [9.17, 15) is 0 Å². The molecular formula is C13H22. The summed E-state index contributed by atoms with van der Waals surface area (Å²) < 4.78 is 0. The number of hydrogen-bond acceptors (Lipinski definition) is 0. The smallest absolute Gasteiger partial charge is 0.0195 e. The number of allylic oxidation sites excluding steroid dienone is 2. The molecule has 3 atom stereocenters. The lowest BCUT2D eigenvalue weighted by atomic mass is 9.78. The van der Waals surface area contributed by atoms with E-state index in [-0.39, 0.29) is 0 Å². The second-order valence-corrected chi connectivity index (χ2v) is 5.57. The molecule has 2 rings (SSSR count). The maximum absolute atomic E-state index is 2.40. The molecule has 0 aromatic carbocycles. The Kier molecular flexibility index (Phi) is 2.25. The van der Waals surface area contributed by atoms with Gasteiger partial charge in [-0.1, -0.05) is 25.0 Å². The highest BCUT2D eigenvalue weighted by atomic mass is 14.5. The average Bonchev–Trinajstić information content (AvgIpc) is 2.60. The van der Waals surface area contributed by atoms with E-state index in [0.717, 1.165) is 23.7 Å². The summed E-state index contributed by atoms with van der Waals surface area (Å²) in [6.45, 7) is 9.38. The van der Waals surface area contributed by atoms with Gasteiger partial charge in [0.25, 0.3) is 0 Å². The predicted molar refractivity (Wildman–Crippen MR) is 57.5 cm³/mol. The van der Waals surface area contributed by atoms with Crippen molar-refractivity contribution in [2.45, 2.75) is 47.0 Å². The zero-order valence-electron chi connectivity index (χ0n) is 9.43. The Morgan fingerprint density at radius 3 is 2.31 bits per heavy atom. The van der Waals surface area contributed by atoms with Gasteiger partial charge < -0.3 is 0 Å². The third kappa shape index (κ3) is 1.45. The topological polar surface area (TPSA) is 0 Å². The summed E-state index contributed by atoms with van der Waals surface area (Å²) in [4.78, 5) is 0. The van der Waals surface area contributed by atoms with Crippen molar-refractivity contribution >= 4 is 0 Å². The van der Waals surface area contributed by atoms with Crippen molar-refractivity contribution in [3.05, 3.63) is 11.1 Å². The van der Waals surface area contributed by atoms with E-state index in [1.54, 1.807) is 5.57 Å². The molecule has 0 aromatic rings. The van der Waals surface area contributed by atoms with Crippen LogP contribution in [0.25, 0.3) is 0 Å². The van der Waals surface area contributed by atoms with Crippen LogP contribution in [0.2, 0.25) is 0 Å². The van der Waals surface area contributed by atoms with Crippen LogP contribution in [0.3, 0.4) is 0 Å². The van der Waals surface area contributed by atoms with Gasteiger partial charge in [0.2, 0.25) is 0 Å². The normalized spacial score (nSPS) is 37.6. The molecule has 74 valence electrons. The third-order valence-electron chi connectivity index (χ3n) is 4.22. The van der Waals surface area contributed by atoms with Crippen molar-refractivity contribution < 1.29 is 0 Å². The van der Waals surface area contributed by atoms with Gasteiger partial charge in [0.05, 0.1) is 0 Å². The summed E-state index contributed by atoms with van der Waals surface area (Å²) in [5, 5.41) is 0. The van der Waals surface area contributed by atoms with Gasteiger partial charge in [-0.15, -0.1) is 0 Å². The van der Waals surface area contributed by atoms with E-state index >= 15 is 0 Å². The molecule has 0 saturated heterocycles. The summed E-state index contributed by atoms with van der Waals surface area (Å²) >= 11 is 0. The van der Waals surface area contributed by atoms with Gasteiger partial charge in [0.15, 0.2) is 0 Å². The molecule has 0 N–H and O–H groups in total. The maximum atomic E-state index is 2.40. The Balaban J connectivity index is 2.12. The van der Waals surface area contributed by atoms with E-state index in [0.29, 0.717) is 0 Å². The molecule has 2 fully saturated rings. The van der Waals surface area contributed by atoms with Crippen LogP contribution in [0.4, 0.5) is 0 Å². The van der Waals surface area contributed by atoms with E-state index in [4.69, 9.17) is 0 Å². The van der Waals surface area contributed by atoms with Gasteiger partial charge in [0.1, 0.15) is 0 Å². The molecule has 0 heteroatoms. The zero-order chi connectivity index (χ0) is 9.59. The Hall–Kier alpha value is -0.260. The van der Waals surface area contributed by atoms with Crippen molar-refractivity contribution in [1.82, 2.24) is 0 Å². The summed E-state index contributed by atoms with van der Waals surface area (Å²) in [5.41, 5.74) is 3.41. The third-order valence-corrected chi connectivity index (χ3v) is 4.22. The minimum Gasteiger partial charge on any atom is -0.0769 e. The van der Waals surface area contributed by atoms with Gasteiger partial charge >= 0.3 is 0 Å². The molecule has 2 aliphatic rings. The van der Waals surface area contributed by atoms with Crippen LogP contribution in [-0.2, 0) is 0 Å². The van der Waals surface area contributed by atoms with Crippen LogP contribution >= 0.6 is 0 Å². The molecule has 2 aliphatic carbocycles. The Morgan fingerprint density at radius 1 is 1.23 bits per heavy atom. The Morgan fingerprint density at radius 2 is 1.92 bits per heavy atom. The van der Waals surface area contributed by atoms with Crippen LogP contribution in [0.1, 0.15) is 47.0 Å². The highest BCUT2D eigenvalue weighted by molar-refractivity contribution is 5.22. The molecule has 0 aliphatic heterocycles. The van der Waals surface area contributed by atoms with Crippen molar-refractivity contribution in [1.29, 1.82) is 0 Å². The lowest BCUT2D eigenvalue weighted by Gasteiger charge is -2.27. The predicted octanol–water partition coefficient (Wildman–Crippen LogP) is 4.02. The van der Waals surface area contributed by atoms with Crippen molar-refractivity contribution in [2.75, 3.05) is 0 Å². The van der Waals surface area contributed by atoms with Crippen LogP contribution in [0, 0.1) is 23.7 Å². The quantitative estimate of drug-likeness (QED) is 0.532. The molecular weight excluding hydrogens is 156 g/mol. The fourth-order valence-corrected chi connectivity index (χ4v) is 3.55. The molecule has 2 bridgehead atoms. The first-order valence-electron chi connectivity index (χ1n) is 5.75. The van der Waals surface area contributed by atoms with Gasteiger partial charge in [-0.05, 0) is 56.8 Å². The van der Waals surface area contributed by atoms with Crippen LogP contribution in [0.5, 0.6) is 0 Å². The summed E-state index contributed by atoms with van der Waals surface area (Å²) in [6, 6.07) is 0. The van der Waals surface area contributed by atoms with E-state index in [1.165, 1.54) is 19.3 Å². The molecule has 3 unspecified atom stereocenters. The highest BCUT2D eigenvalue weighted by Gasteiger charge is 2.43. The highest BCUT2D eigenvalue weighted by Crippen LogP contribution is 2.54. The molecule has 0 nitrogen and oxygen atoms in total. The average molecular weight is 178 g/mol. The Bertz CT molecular complexity index is 230. The number of rotatable bonds is 1. The van der Waals surface area contributed by atoms with E-state index < -0.39 is 0 Å². The molecule has 0 amide bonds. The van der Waals surface area contributed by atoms with Crippen molar-refractivity contribution in [3.8, 4) is 0 Å². The van der Waals surface area contributed by atoms with Gasteiger partial charge in [-0.2, -0.15) is 0 Å². The second kappa shape index (κ2) is 3.15. The molecule has 2 saturated carbocycles. The van der Waals surface area contributed by atoms with Gasteiger partial charge in [-0.3, -0.25) is 0 Å². The first-order valence-corrected chi connectivity index (χ1v) is 5.75. The SMILES string of the molecule is CC(C)=C1CC2CC1CC2C(C)C. The van der Waals surface area contributed by atoms with E-state index in [2.05, 4.69) is 27.7 Å². The monoisotopic (exact) mass is 178 g/mol. The Labute approximate surface area is 82.4 Å². The van der Waals surface area contributed by atoms with Crippen molar-refractivity contribution in [3.63, 3.8) is 0 Å². The number of hydrogen-bond donors (Lipinski definition) is 0. The fourth-order valence-electron chi connectivity index (χ4n) is 3.55. The van der Waals surface area contributed by atoms with Gasteiger partial charge in [-0.25, -0.2) is 0 Å². The first-order chi connectivity index (χ1) is 6.09. The number of fused-ring (bicyclic) bond motifs is 2. The molecule has 0 spiro atoms. The minimum absolute atomic E-state index is 0.911. The standard InChI is InChI=1S/C13H22/c1-8(2)12-6-11-5-10(12)7-13(11)9(3)4/h8,10-12H,5-7H2,1-4H3. The summed E-state index contributed by atoms with van der Waals surface area (Å²) in [5.74, 6) is 3.96. The second-order valence-electron chi connectivity index (χ2n) is 5.57. The largest absolute Gasteiger partial charge is 0.0769 e. The molecule has 13 heavy (non-hydrogen) atoms. The van der Waals surface area contributed by atoms with E-state index in [1.807, 2.05) is 5.57 Å². The maximum Gasteiger partial charge on any atom is -0.0195 e. The van der Waals surface area contributed by atoms with Crippen LogP contribution < -0.4 is 0 Å². The molecule has 0 radical (unpaired) electrons. The van der Waals surface area contributed by atoms with Gasteiger partial charge in [0, 0.05) is 0 Å². The minimum atomic E-state index is 0.911. The summed E-state index contributed by atoms with van der Waals surface area (Å²) in [6.07, 6.45) is 4.42. The fraction of sp³-hybridized carbons (Fsp3) is 0.846. The molecule has 0 heterocycles. The first kappa shape index (κ1) is 9.30.